The number of benzene rings is 3. The summed E-state index contributed by atoms with van der Waals surface area (Å²) in [5, 5.41) is 6.89. The number of methoxy groups -OCH3 is 1. The highest BCUT2D eigenvalue weighted by Crippen LogP contribution is 2.28. The third-order valence-corrected chi connectivity index (χ3v) is 6.79. The number of thiazole rings is 1. The Balaban J connectivity index is 1.31. The standard InChI is InChI=1S/C26H26N4O3S/c1-17(26-29-22-6-4-5-7-23(22)34-26)30(2)24(31)16-27-19-10-8-18(9-11-19)25(32)28-20-12-14-21(33-3)15-13-20/h4-15,17,27H,16H2,1-3H3,(H,28,32)/t17-/m0/s1. The predicted molar refractivity (Wildman–Crippen MR) is 137 cm³/mol. The molecule has 3 aromatic carbocycles. The molecule has 0 spiro atoms. The number of hydrogen-bond donors (Lipinski definition) is 2. The zero-order chi connectivity index (χ0) is 24.1. The maximum atomic E-state index is 12.7. The topological polar surface area (TPSA) is 83.6 Å². The second-order valence-electron chi connectivity index (χ2n) is 7.81. The van der Waals surface area contributed by atoms with Gasteiger partial charge in [0, 0.05) is 24.0 Å². The van der Waals surface area contributed by atoms with Gasteiger partial charge in [0.15, 0.2) is 0 Å². The van der Waals surface area contributed by atoms with E-state index in [4.69, 9.17) is 4.74 Å². The SMILES string of the molecule is COc1ccc(NC(=O)c2ccc(NCC(=O)N(C)[C@@H](C)c3nc4ccccc4s3)cc2)cc1. The smallest absolute Gasteiger partial charge is 0.255 e. The van der Waals surface area contributed by atoms with Crippen LogP contribution >= 0.6 is 11.3 Å². The molecule has 34 heavy (non-hydrogen) atoms. The predicted octanol–water partition coefficient (Wildman–Crippen LogP) is 5.19. The Morgan fingerprint density at radius 1 is 1.00 bits per heavy atom. The molecule has 2 amide bonds. The molecule has 2 N–H and O–H groups in total. The van der Waals surface area contributed by atoms with Crippen molar-refractivity contribution in [3.63, 3.8) is 0 Å². The van der Waals surface area contributed by atoms with Crippen molar-refractivity contribution in [3.8, 4) is 5.75 Å². The zero-order valence-electron chi connectivity index (χ0n) is 19.2. The van der Waals surface area contributed by atoms with Crippen LogP contribution < -0.4 is 15.4 Å². The minimum Gasteiger partial charge on any atom is -0.497 e. The van der Waals surface area contributed by atoms with Crippen molar-refractivity contribution >= 4 is 44.7 Å². The third kappa shape index (κ3) is 5.35. The molecule has 4 rings (SSSR count). The molecule has 0 fully saturated rings. The van der Waals surface area contributed by atoms with Crippen LogP contribution in [0.4, 0.5) is 11.4 Å². The number of likely N-dealkylation sites (N-methyl/N-ethyl adjacent to an activating group) is 1. The average molecular weight is 475 g/mol. The van der Waals surface area contributed by atoms with Gasteiger partial charge < -0.3 is 20.3 Å². The number of rotatable bonds is 8. The molecular formula is C26H26N4O3S. The van der Waals surface area contributed by atoms with E-state index in [-0.39, 0.29) is 24.4 Å². The van der Waals surface area contributed by atoms with Crippen molar-refractivity contribution in [3.05, 3.63) is 83.4 Å². The van der Waals surface area contributed by atoms with Gasteiger partial charge in [-0.25, -0.2) is 4.98 Å². The van der Waals surface area contributed by atoms with Crippen LogP contribution in [-0.4, -0.2) is 42.4 Å². The zero-order valence-corrected chi connectivity index (χ0v) is 20.1. The second kappa shape index (κ2) is 10.4. The van der Waals surface area contributed by atoms with Crippen molar-refractivity contribution in [2.75, 3.05) is 31.3 Å². The molecule has 1 atom stereocenters. The fourth-order valence-corrected chi connectivity index (χ4v) is 4.43. The number of amides is 2. The molecule has 4 aromatic rings. The molecule has 0 aliphatic rings. The Kier molecular flexibility index (Phi) is 7.08. The van der Waals surface area contributed by atoms with Crippen molar-refractivity contribution in [2.24, 2.45) is 0 Å². The Morgan fingerprint density at radius 3 is 2.35 bits per heavy atom. The van der Waals surface area contributed by atoms with Crippen LogP contribution in [0, 0.1) is 0 Å². The summed E-state index contributed by atoms with van der Waals surface area (Å²) in [5.74, 6) is 0.466. The first-order valence-electron chi connectivity index (χ1n) is 10.8. The van der Waals surface area contributed by atoms with Gasteiger partial charge in [-0.05, 0) is 67.6 Å². The van der Waals surface area contributed by atoms with E-state index in [0.29, 0.717) is 11.3 Å². The van der Waals surface area contributed by atoms with Gasteiger partial charge in [-0.3, -0.25) is 9.59 Å². The van der Waals surface area contributed by atoms with E-state index in [2.05, 4.69) is 15.6 Å². The molecule has 1 heterocycles. The number of anilines is 2. The number of carbonyl (C=O) groups excluding carboxylic acids is 2. The molecule has 0 bridgehead atoms. The second-order valence-corrected chi connectivity index (χ2v) is 8.88. The number of nitrogens with one attached hydrogen (secondary N) is 2. The van der Waals surface area contributed by atoms with Gasteiger partial charge in [0.25, 0.3) is 5.91 Å². The average Bonchev–Trinajstić information content (AvgIpc) is 3.31. The van der Waals surface area contributed by atoms with E-state index in [1.54, 1.807) is 78.9 Å². The van der Waals surface area contributed by atoms with E-state index in [0.717, 1.165) is 26.7 Å². The van der Waals surface area contributed by atoms with E-state index in [9.17, 15) is 9.59 Å². The summed E-state index contributed by atoms with van der Waals surface area (Å²) in [4.78, 5) is 31.6. The highest BCUT2D eigenvalue weighted by Gasteiger charge is 2.20. The van der Waals surface area contributed by atoms with Crippen molar-refractivity contribution in [1.29, 1.82) is 0 Å². The summed E-state index contributed by atoms with van der Waals surface area (Å²) in [7, 11) is 3.38. The van der Waals surface area contributed by atoms with Crippen LogP contribution in [0.15, 0.2) is 72.8 Å². The summed E-state index contributed by atoms with van der Waals surface area (Å²) in [5.41, 5.74) is 2.91. The molecule has 174 valence electrons. The molecule has 1 aromatic heterocycles. The first kappa shape index (κ1) is 23.3. The summed E-state index contributed by atoms with van der Waals surface area (Å²) in [6, 6.07) is 22.0. The number of carbonyl (C=O) groups is 2. The number of hydrogen-bond acceptors (Lipinski definition) is 6. The maximum Gasteiger partial charge on any atom is 0.255 e. The van der Waals surface area contributed by atoms with Gasteiger partial charge in [-0.2, -0.15) is 0 Å². The van der Waals surface area contributed by atoms with E-state index in [1.807, 2.05) is 31.2 Å². The van der Waals surface area contributed by atoms with Crippen LogP contribution in [0.25, 0.3) is 10.2 Å². The van der Waals surface area contributed by atoms with Crippen molar-refractivity contribution < 1.29 is 14.3 Å². The lowest BCUT2D eigenvalue weighted by molar-refractivity contribution is -0.129. The Labute approximate surface area is 202 Å². The molecule has 0 saturated carbocycles. The van der Waals surface area contributed by atoms with Crippen molar-refractivity contribution in [2.45, 2.75) is 13.0 Å². The van der Waals surface area contributed by atoms with Gasteiger partial charge in [0.2, 0.25) is 5.91 Å². The number of aromatic nitrogens is 1. The van der Waals surface area contributed by atoms with Crippen LogP contribution in [0.2, 0.25) is 0 Å². The molecule has 0 radical (unpaired) electrons. The van der Waals surface area contributed by atoms with Gasteiger partial charge in [0.1, 0.15) is 10.8 Å². The Morgan fingerprint density at radius 2 is 1.68 bits per heavy atom. The van der Waals surface area contributed by atoms with Gasteiger partial charge in [0.05, 0.1) is 29.9 Å². The summed E-state index contributed by atoms with van der Waals surface area (Å²) < 4.78 is 6.24. The number of ether oxygens (including phenoxy) is 1. The minimum atomic E-state index is -0.211. The maximum absolute atomic E-state index is 12.7. The molecule has 0 saturated heterocycles. The van der Waals surface area contributed by atoms with Crippen LogP contribution in [0.5, 0.6) is 5.75 Å². The van der Waals surface area contributed by atoms with Gasteiger partial charge in [-0.15, -0.1) is 11.3 Å². The normalized spacial score (nSPS) is 11.6. The molecule has 0 aliphatic heterocycles. The number of nitrogens with zero attached hydrogens (tertiary/aromatic N) is 2. The van der Waals surface area contributed by atoms with Crippen LogP contribution in [0.3, 0.4) is 0 Å². The van der Waals surface area contributed by atoms with Crippen LogP contribution in [-0.2, 0) is 4.79 Å². The van der Waals surface area contributed by atoms with Crippen LogP contribution in [0.1, 0.15) is 28.3 Å². The first-order valence-corrected chi connectivity index (χ1v) is 11.7. The molecular weight excluding hydrogens is 448 g/mol. The highest BCUT2D eigenvalue weighted by molar-refractivity contribution is 7.18. The minimum absolute atomic E-state index is 0.0481. The molecule has 7 nitrogen and oxygen atoms in total. The summed E-state index contributed by atoms with van der Waals surface area (Å²) in [6.45, 7) is 2.12. The Bertz CT molecular complexity index is 1250. The van der Waals surface area contributed by atoms with E-state index in [1.165, 1.54) is 0 Å². The lowest BCUT2D eigenvalue weighted by Gasteiger charge is -2.23. The summed E-state index contributed by atoms with van der Waals surface area (Å²) >= 11 is 1.60. The fourth-order valence-electron chi connectivity index (χ4n) is 3.37. The largest absolute Gasteiger partial charge is 0.497 e. The van der Waals surface area contributed by atoms with E-state index >= 15 is 0 Å². The molecule has 0 unspecified atom stereocenters. The molecule has 0 aliphatic carbocycles. The number of fused-ring (bicyclic) bond motifs is 1. The fraction of sp³-hybridized carbons (Fsp3) is 0.192. The number of para-hydroxylation sites is 1. The Hall–Kier alpha value is -3.91. The van der Waals surface area contributed by atoms with E-state index < -0.39 is 0 Å². The summed E-state index contributed by atoms with van der Waals surface area (Å²) in [6.07, 6.45) is 0. The molecule has 8 heteroatoms. The monoisotopic (exact) mass is 474 g/mol. The lowest BCUT2D eigenvalue weighted by Crippen LogP contribution is -2.34. The quantitative estimate of drug-likeness (QED) is 0.367. The highest BCUT2D eigenvalue weighted by atomic mass is 32.1. The van der Waals surface area contributed by atoms with Gasteiger partial charge >= 0.3 is 0 Å². The third-order valence-electron chi connectivity index (χ3n) is 5.58. The van der Waals surface area contributed by atoms with Crippen molar-refractivity contribution in [1.82, 2.24) is 9.88 Å². The van der Waals surface area contributed by atoms with Gasteiger partial charge in [-0.1, -0.05) is 12.1 Å². The lowest BCUT2D eigenvalue weighted by atomic mass is 10.2. The first-order chi connectivity index (χ1) is 16.4.